The largest absolute Gasteiger partial charge is 0.339 e. The molecule has 0 radical (unpaired) electrons. The summed E-state index contributed by atoms with van der Waals surface area (Å²) >= 11 is 0. The van der Waals surface area contributed by atoms with Crippen LogP contribution in [0.3, 0.4) is 0 Å². The second-order valence-electron chi connectivity index (χ2n) is 5.96. The summed E-state index contributed by atoms with van der Waals surface area (Å²) < 4.78 is 0. The van der Waals surface area contributed by atoms with Crippen LogP contribution >= 0.6 is 0 Å². The predicted octanol–water partition coefficient (Wildman–Crippen LogP) is 1.70. The van der Waals surface area contributed by atoms with Crippen molar-refractivity contribution in [3.8, 4) is 0 Å². The summed E-state index contributed by atoms with van der Waals surface area (Å²) in [6.45, 7) is 7.43. The van der Waals surface area contributed by atoms with Crippen LogP contribution in [0, 0.1) is 0 Å². The van der Waals surface area contributed by atoms with Crippen LogP contribution in [0.4, 0.5) is 0 Å². The van der Waals surface area contributed by atoms with Gasteiger partial charge in [-0.3, -0.25) is 4.79 Å². The molecular weight excluding hydrogens is 210 g/mol. The molecular formula is C15H24NO+. The maximum Gasteiger partial charge on any atom is 0.168 e. The average molecular weight is 234 g/mol. The van der Waals surface area contributed by atoms with E-state index in [1.165, 1.54) is 10.5 Å². The summed E-state index contributed by atoms with van der Waals surface area (Å²) in [5.74, 6) is 0.242. The van der Waals surface area contributed by atoms with Crippen molar-refractivity contribution in [2.75, 3.05) is 20.6 Å². The Morgan fingerprint density at radius 2 is 1.65 bits per heavy atom. The fourth-order valence-corrected chi connectivity index (χ4v) is 1.66. The Morgan fingerprint density at radius 3 is 2.06 bits per heavy atom. The molecule has 0 saturated heterocycles. The Bertz CT molecular complexity index is 371. The molecule has 0 spiro atoms. The van der Waals surface area contributed by atoms with E-state index in [4.69, 9.17) is 0 Å². The molecule has 0 bridgehead atoms. The monoisotopic (exact) mass is 234 g/mol. The molecule has 1 aromatic carbocycles. The first-order chi connectivity index (χ1) is 7.80. The highest BCUT2D eigenvalue weighted by Crippen LogP contribution is 2.22. The van der Waals surface area contributed by atoms with Crippen LogP contribution < -0.4 is 4.90 Å². The zero-order valence-corrected chi connectivity index (χ0v) is 11.6. The van der Waals surface area contributed by atoms with E-state index in [1.807, 2.05) is 12.1 Å². The Morgan fingerprint density at radius 1 is 1.12 bits per heavy atom. The molecule has 17 heavy (non-hydrogen) atoms. The van der Waals surface area contributed by atoms with Crippen LogP contribution in [0.15, 0.2) is 24.3 Å². The topological polar surface area (TPSA) is 21.5 Å². The lowest BCUT2D eigenvalue weighted by Crippen LogP contribution is -3.05. The second-order valence-corrected chi connectivity index (χ2v) is 5.96. The van der Waals surface area contributed by atoms with Crippen molar-refractivity contribution >= 4 is 5.78 Å². The Labute approximate surface area is 105 Å². The zero-order chi connectivity index (χ0) is 13.1. The number of carbonyl (C=O) groups excluding carboxylic acids is 1. The van der Waals surface area contributed by atoms with E-state index in [-0.39, 0.29) is 11.2 Å². The molecule has 0 amide bonds. The third-order valence-electron chi connectivity index (χ3n) is 2.92. The van der Waals surface area contributed by atoms with Crippen molar-refractivity contribution in [2.24, 2.45) is 0 Å². The molecule has 0 fully saturated rings. The number of hydrogen-bond acceptors (Lipinski definition) is 1. The lowest BCUT2D eigenvalue weighted by molar-refractivity contribution is -0.857. The van der Waals surface area contributed by atoms with E-state index >= 15 is 0 Å². The number of rotatable bonds is 4. The molecule has 94 valence electrons. The molecule has 1 rings (SSSR count). The third-order valence-corrected chi connectivity index (χ3v) is 2.92. The van der Waals surface area contributed by atoms with Crippen LogP contribution in [0.1, 0.15) is 43.1 Å². The van der Waals surface area contributed by atoms with Crippen molar-refractivity contribution in [1.82, 2.24) is 0 Å². The molecule has 2 heteroatoms. The van der Waals surface area contributed by atoms with Crippen LogP contribution in [0.2, 0.25) is 0 Å². The van der Waals surface area contributed by atoms with E-state index in [9.17, 15) is 4.79 Å². The van der Waals surface area contributed by atoms with Gasteiger partial charge >= 0.3 is 0 Å². The molecule has 0 aliphatic heterocycles. The Hall–Kier alpha value is -1.15. The minimum Gasteiger partial charge on any atom is -0.339 e. The van der Waals surface area contributed by atoms with Gasteiger partial charge < -0.3 is 4.90 Å². The SMILES string of the molecule is C[NH+](C)CCC(=O)c1ccc(C(C)(C)C)cc1. The van der Waals surface area contributed by atoms with Gasteiger partial charge in [0.15, 0.2) is 5.78 Å². The van der Waals surface area contributed by atoms with E-state index in [0.29, 0.717) is 6.42 Å². The molecule has 0 atom stereocenters. The summed E-state index contributed by atoms with van der Waals surface area (Å²) in [7, 11) is 4.13. The fraction of sp³-hybridized carbons (Fsp3) is 0.533. The normalized spacial score (nSPS) is 11.9. The van der Waals surface area contributed by atoms with Crippen molar-refractivity contribution in [3.63, 3.8) is 0 Å². The minimum absolute atomic E-state index is 0.148. The quantitative estimate of drug-likeness (QED) is 0.787. The van der Waals surface area contributed by atoms with Gasteiger partial charge in [0.1, 0.15) is 0 Å². The van der Waals surface area contributed by atoms with E-state index in [0.717, 1.165) is 12.1 Å². The van der Waals surface area contributed by atoms with Crippen molar-refractivity contribution < 1.29 is 9.69 Å². The van der Waals surface area contributed by atoms with E-state index < -0.39 is 0 Å². The summed E-state index contributed by atoms with van der Waals surface area (Å²) in [4.78, 5) is 13.2. The van der Waals surface area contributed by atoms with Gasteiger partial charge in [-0.05, 0) is 11.0 Å². The number of ketones is 1. The van der Waals surface area contributed by atoms with E-state index in [1.54, 1.807) is 0 Å². The number of quaternary nitrogens is 1. The number of nitrogens with one attached hydrogen (secondary N) is 1. The van der Waals surface area contributed by atoms with Gasteiger partial charge in [0, 0.05) is 5.56 Å². The lowest BCUT2D eigenvalue weighted by Gasteiger charge is -2.19. The van der Waals surface area contributed by atoms with Gasteiger partial charge in [0.2, 0.25) is 0 Å². The zero-order valence-electron chi connectivity index (χ0n) is 11.6. The van der Waals surface area contributed by atoms with Crippen molar-refractivity contribution in [2.45, 2.75) is 32.6 Å². The van der Waals surface area contributed by atoms with E-state index in [2.05, 4.69) is 47.0 Å². The lowest BCUT2D eigenvalue weighted by atomic mass is 9.86. The maximum absolute atomic E-state index is 11.9. The van der Waals surface area contributed by atoms with Crippen LogP contribution in [0.5, 0.6) is 0 Å². The van der Waals surface area contributed by atoms with Crippen molar-refractivity contribution in [3.05, 3.63) is 35.4 Å². The molecule has 0 aromatic heterocycles. The number of carbonyl (C=O) groups is 1. The van der Waals surface area contributed by atoms with Crippen LogP contribution in [-0.4, -0.2) is 26.4 Å². The summed E-state index contributed by atoms with van der Waals surface area (Å²) in [6, 6.07) is 8.04. The van der Waals surface area contributed by atoms with Crippen LogP contribution in [-0.2, 0) is 5.41 Å². The van der Waals surface area contributed by atoms with Gasteiger partial charge in [-0.2, -0.15) is 0 Å². The Balaban J connectivity index is 2.71. The first kappa shape index (κ1) is 13.9. The second kappa shape index (κ2) is 5.46. The smallest absolute Gasteiger partial charge is 0.168 e. The fourth-order valence-electron chi connectivity index (χ4n) is 1.66. The third kappa shape index (κ3) is 4.31. The summed E-state index contributed by atoms with van der Waals surface area (Å²) in [6.07, 6.45) is 0.622. The van der Waals surface area contributed by atoms with Crippen molar-refractivity contribution in [1.29, 1.82) is 0 Å². The minimum atomic E-state index is 0.148. The number of Topliss-reactive ketones (excluding diaryl/α,β-unsaturated/α-hetero) is 1. The standard InChI is InChI=1S/C15H23NO/c1-15(2,3)13-8-6-12(7-9-13)14(17)10-11-16(4)5/h6-9H,10-11H2,1-5H3/p+1. The molecule has 1 aromatic rings. The molecule has 0 saturated carbocycles. The van der Waals surface area contributed by atoms with Gasteiger partial charge in [-0.25, -0.2) is 0 Å². The molecule has 0 aliphatic rings. The highest BCUT2D eigenvalue weighted by molar-refractivity contribution is 5.96. The molecule has 0 unspecified atom stereocenters. The summed E-state index contributed by atoms with van der Waals surface area (Å²) in [5, 5.41) is 0. The molecule has 1 N–H and O–H groups in total. The predicted molar refractivity (Wildman–Crippen MR) is 71.8 cm³/mol. The van der Waals surface area contributed by atoms with Gasteiger partial charge in [0.05, 0.1) is 27.1 Å². The number of hydrogen-bond donors (Lipinski definition) is 1. The van der Waals surface area contributed by atoms with Gasteiger partial charge in [-0.15, -0.1) is 0 Å². The molecule has 0 heterocycles. The first-order valence-corrected chi connectivity index (χ1v) is 6.23. The number of benzene rings is 1. The van der Waals surface area contributed by atoms with Crippen LogP contribution in [0.25, 0.3) is 0 Å². The maximum atomic E-state index is 11.9. The Kier molecular flexibility index (Phi) is 4.47. The first-order valence-electron chi connectivity index (χ1n) is 6.23. The van der Waals surface area contributed by atoms with Gasteiger partial charge in [0.25, 0.3) is 0 Å². The molecule has 0 aliphatic carbocycles. The van der Waals surface area contributed by atoms with Gasteiger partial charge in [-0.1, -0.05) is 45.0 Å². The summed E-state index contributed by atoms with van der Waals surface area (Å²) in [5.41, 5.74) is 2.25. The average Bonchev–Trinajstić information content (AvgIpc) is 2.25. The highest BCUT2D eigenvalue weighted by atomic mass is 16.1. The molecule has 2 nitrogen and oxygen atoms in total. The highest BCUT2D eigenvalue weighted by Gasteiger charge is 2.14.